The number of anilines is 1. The molecule has 6 nitrogen and oxygen atoms in total. The summed E-state index contributed by atoms with van der Waals surface area (Å²) < 4.78 is 5.98. The Balaban J connectivity index is 1.53. The maximum absolute atomic E-state index is 12.3. The van der Waals surface area contributed by atoms with Crippen molar-refractivity contribution in [3.05, 3.63) is 91.6 Å². The smallest absolute Gasteiger partial charge is 0.326 e. The van der Waals surface area contributed by atoms with Crippen molar-refractivity contribution in [1.29, 1.82) is 0 Å². The minimum Gasteiger partial charge on any atom is -0.454 e. The number of nitrogens with one attached hydrogen (secondary N) is 2. The molecule has 0 radical (unpaired) electrons. The number of carbonyl (C=O) groups is 2. The molecule has 0 fully saturated rings. The van der Waals surface area contributed by atoms with Crippen LogP contribution in [-0.4, -0.2) is 16.9 Å². The van der Waals surface area contributed by atoms with Gasteiger partial charge in [-0.1, -0.05) is 82.3 Å². The van der Waals surface area contributed by atoms with E-state index >= 15 is 0 Å². The zero-order valence-corrected chi connectivity index (χ0v) is 20.6. The summed E-state index contributed by atoms with van der Waals surface area (Å²) in [7, 11) is 0. The quantitative estimate of drug-likeness (QED) is 0.249. The van der Waals surface area contributed by atoms with Gasteiger partial charge in [0.1, 0.15) is 10.9 Å². The SMILES string of the molecule is O=C(NC(=O)c1c(Cl)ccnc1Cl)Nc1cc(Cl)c(Oc2ccc(Cl)c3ccccc23)c(Cl)c1. The summed E-state index contributed by atoms with van der Waals surface area (Å²) >= 11 is 30.9. The van der Waals surface area contributed by atoms with Crippen LogP contribution in [0.25, 0.3) is 10.8 Å². The number of fused-ring (bicyclic) bond motifs is 1. The van der Waals surface area contributed by atoms with E-state index < -0.39 is 11.9 Å². The third kappa shape index (κ3) is 5.17. The van der Waals surface area contributed by atoms with Crippen LogP contribution in [0.1, 0.15) is 10.4 Å². The molecule has 0 spiro atoms. The van der Waals surface area contributed by atoms with E-state index in [9.17, 15) is 9.59 Å². The van der Waals surface area contributed by atoms with Gasteiger partial charge in [-0.2, -0.15) is 0 Å². The van der Waals surface area contributed by atoms with Crippen molar-refractivity contribution in [1.82, 2.24) is 10.3 Å². The number of nitrogens with zero attached hydrogens (tertiary/aromatic N) is 1. The predicted octanol–water partition coefficient (Wildman–Crippen LogP) is 8.26. The van der Waals surface area contributed by atoms with E-state index in [2.05, 4.69) is 15.6 Å². The molecule has 0 unspecified atom stereocenters. The minimum absolute atomic E-state index is 0.0487. The number of urea groups is 1. The van der Waals surface area contributed by atoms with Gasteiger partial charge in [-0.05, 0) is 30.3 Å². The number of pyridine rings is 1. The zero-order valence-electron chi connectivity index (χ0n) is 16.8. The van der Waals surface area contributed by atoms with Crippen molar-refractivity contribution in [3.8, 4) is 11.5 Å². The number of rotatable bonds is 4. The molecule has 34 heavy (non-hydrogen) atoms. The topological polar surface area (TPSA) is 80.3 Å². The molecule has 2 N–H and O–H groups in total. The zero-order chi connectivity index (χ0) is 24.4. The predicted molar refractivity (Wildman–Crippen MR) is 136 cm³/mol. The molecule has 11 heteroatoms. The molecule has 0 aliphatic heterocycles. The molecule has 4 aromatic rings. The third-order valence-electron chi connectivity index (χ3n) is 4.61. The van der Waals surface area contributed by atoms with Gasteiger partial charge < -0.3 is 10.1 Å². The molecule has 0 aliphatic carbocycles. The Morgan fingerprint density at radius 1 is 0.794 bits per heavy atom. The first-order valence-electron chi connectivity index (χ1n) is 9.51. The number of hydrogen-bond acceptors (Lipinski definition) is 4. The Bertz CT molecular complexity index is 1400. The molecule has 1 aromatic heterocycles. The fourth-order valence-corrected chi connectivity index (χ4v) is 4.42. The van der Waals surface area contributed by atoms with Gasteiger partial charge in [-0.3, -0.25) is 10.1 Å². The molecule has 0 aliphatic rings. The Kier molecular flexibility index (Phi) is 7.36. The standard InChI is InChI=1S/C23H12Cl5N3O3/c24-14-5-6-18(13-4-2-1-3-12(13)14)34-20-16(26)9-11(10-17(20)27)30-23(33)31-22(32)19-15(25)7-8-29-21(19)28/h1-10H,(H2,30,31,32,33). The number of amides is 3. The van der Waals surface area contributed by atoms with Crippen LogP contribution in [0.15, 0.2) is 60.8 Å². The summed E-state index contributed by atoms with van der Waals surface area (Å²) in [6.45, 7) is 0. The highest BCUT2D eigenvalue weighted by atomic mass is 35.5. The van der Waals surface area contributed by atoms with Crippen molar-refractivity contribution in [2.75, 3.05) is 5.32 Å². The number of aromatic nitrogens is 1. The Hall–Kier alpha value is -2.74. The highest BCUT2D eigenvalue weighted by Crippen LogP contribution is 2.41. The second kappa shape index (κ2) is 10.3. The summed E-state index contributed by atoms with van der Waals surface area (Å²) in [6, 6.07) is 14.2. The van der Waals surface area contributed by atoms with Gasteiger partial charge in [0.15, 0.2) is 5.75 Å². The Labute approximate surface area is 218 Å². The van der Waals surface area contributed by atoms with Gasteiger partial charge in [0.05, 0.1) is 20.6 Å². The van der Waals surface area contributed by atoms with Crippen LogP contribution in [-0.2, 0) is 0 Å². The number of ether oxygens (including phenoxy) is 1. The Morgan fingerprint density at radius 3 is 2.15 bits per heavy atom. The lowest BCUT2D eigenvalue weighted by Crippen LogP contribution is -2.34. The van der Waals surface area contributed by atoms with Gasteiger partial charge in [0.2, 0.25) is 0 Å². The molecule has 0 atom stereocenters. The van der Waals surface area contributed by atoms with E-state index in [1.165, 1.54) is 24.4 Å². The summed E-state index contributed by atoms with van der Waals surface area (Å²) in [6.07, 6.45) is 1.34. The summed E-state index contributed by atoms with van der Waals surface area (Å²) in [5, 5.41) is 6.92. The van der Waals surface area contributed by atoms with Crippen LogP contribution >= 0.6 is 58.0 Å². The second-order valence-electron chi connectivity index (χ2n) is 6.83. The lowest BCUT2D eigenvalue weighted by Gasteiger charge is -2.14. The van der Waals surface area contributed by atoms with Crippen molar-refractivity contribution >= 4 is 86.4 Å². The highest BCUT2D eigenvalue weighted by Gasteiger charge is 2.19. The second-order valence-corrected chi connectivity index (χ2v) is 8.82. The lowest BCUT2D eigenvalue weighted by atomic mass is 10.1. The van der Waals surface area contributed by atoms with Gasteiger partial charge in [-0.15, -0.1) is 0 Å². The first-order valence-corrected chi connectivity index (χ1v) is 11.4. The molecule has 0 saturated carbocycles. The number of imide groups is 1. The van der Waals surface area contributed by atoms with Crippen molar-refractivity contribution in [3.63, 3.8) is 0 Å². The van der Waals surface area contributed by atoms with Crippen LogP contribution in [0.3, 0.4) is 0 Å². The van der Waals surface area contributed by atoms with Crippen molar-refractivity contribution < 1.29 is 14.3 Å². The monoisotopic (exact) mass is 553 g/mol. The van der Waals surface area contributed by atoms with Crippen LogP contribution in [0.4, 0.5) is 10.5 Å². The average Bonchev–Trinajstić information content (AvgIpc) is 2.77. The number of carbonyl (C=O) groups excluding carboxylic acids is 2. The fourth-order valence-electron chi connectivity index (χ4n) is 3.11. The average molecular weight is 556 g/mol. The largest absolute Gasteiger partial charge is 0.454 e. The third-order valence-corrected chi connectivity index (χ3v) is 6.10. The first kappa shape index (κ1) is 24.4. The molecule has 3 aromatic carbocycles. The molecule has 4 rings (SSSR count). The Morgan fingerprint density at radius 2 is 1.47 bits per heavy atom. The minimum atomic E-state index is -0.856. The molecule has 1 heterocycles. The number of halogens is 5. The van der Waals surface area contributed by atoms with Crippen molar-refractivity contribution in [2.45, 2.75) is 0 Å². The van der Waals surface area contributed by atoms with Gasteiger partial charge >= 0.3 is 6.03 Å². The number of benzene rings is 3. The van der Waals surface area contributed by atoms with Crippen LogP contribution < -0.4 is 15.4 Å². The van der Waals surface area contributed by atoms with Gasteiger partial charge in [-0.25, -0.2) is 9.78 Å². The van der Waals surface area contributed by atoms with E-state index in [0.717, 1.165) is 10.8 Å². The fraction of sp³-hybridized carbons (Fsp3) is 0. The van der Waals surface area contributed by atoms with Crippen LogP contribution in [0.5, 0.6) is 11.5 Å². The van der Waals surface area contributed by atoms with Crippen LogP contribution in [0.2, 0.25) is 25.2 Å². The van der Waals surface area contributed by atoms with E-state index in [1.807, 2.05) is 24.3 Å². The highest BCUT2D eigenvalue weighted by molar-refractivity contribution is 6.40. The van der Waals surface area contributed by atoms with Crippen molar-refractivity contribution in [2.24, 2.45) is 0 Å². The van der Waals surface area contributed by atoms with E-state index in [-0.39, 0.29) is 37.2 Å². The number of hydrogen-bond donors (Lipinski definition) is 2. The van der Waals surface area contributed by atoms with E-state index in [4.69, 9.17) is 62.7 Å². The van der Waals surface area contributed by atoms with E-state index in [1.54, 1.807) is 12.1 Å². The molecule has 0 bridgehead atoms. The molecular weight excluding hydrogens is 544 g/mol. The van der Waals surface area contributed by atoms with Gasteiger partial charge in [0.25, 0.3) is 5.91 Å². The summed E-state index contributed by atoms with van der Waals surface area (Å²) in [5.74, 6) is -0.141. The molecule has 3 amide bonds. The summed E-state index contributed by atoms with van der Waals surface area (Å²) in [5.41, 5.74) is 0.0907. The molecule has 0 saturated heterocycles. The normalized spacial score (nSPS) is 10.7. The van der Waals surface area contributed by atoms with E-state index in [0.29, 0.717) is 10.8 Å². The summed E-state index contributed by atoms with van der Waals surface area (Å²) in [4.78, 5) is 28.4. The maximum Gasteiger partial charge on any atom is 0.326 e. The maximum atomic E-state index is 12.3. The van der Waals surface area contributed by atoms with Gasteiger partial charge in [0, 0.05) is 27.7 Å². The lowest BCUT2D eigenvalue weighted by molar-refractivity contribution is 0.0967. The molecule has 172 valence electrons. The van der Waals surface area contributed by atoms with Crippen LogP contribution in [0, 0.1) is 0 Å². The first-order chi connectivity index (χ1) is 16.2. The molecular formula is C23H12Cl5N3O3.